The van der Waals surface area contributed by atoms with E-state index in [-0.39, 0.29) is 84.9 Å². The van der Waals surface area contributed by atoms with Gasteiger partial charge < -0.3 is 50.8 Å². The Hall–Kier alpha value is 0.436. The van der Waals surface area contributed by atoms with E-state index < -0.39 is 0 Å². The fourth-order valence-electron chi connectivity index (χ4n) is 0. The number of hydrogen-bond acceptors (Lipinski definition) is 0. The first-order valence-electron chi connectivity index (χ1n) is 3.62. The van der Waals surface area contributed by atoms with E-state index >= 15 is 0 Å². The van der Waals surface area contributed by atoms with Crippen LogP contribution in [-0.4, -0.2) is 55.7 Å². The smallest absolute Gasteiger partial charge is 0 e. The molecule has 17 heavy (non-hydrogen) atoms. The summed E-state index contributed by atoms with van der Waals surface area (Å²) in [4.78, 5) is 0. The predicted molar refractivity (Wildman–Crippen MR) is 73.2 cm³/mol. The van der Waals surface area contributed by atoms with Gasteiger partial charge >= 0.3 is 0 Å². The van der Waals surface area contributed by atoms with E-state index in [1.165, 1.54) is 0 Å². The normalized spacial score (nSPS) is 5.29. The molecule has 119 valence electrons. The van der Waals surface area contributed by atoms with E-state index in [1.807, 2.05) is 0 Å². The van der Waals surface area contributed by atoms with Gasteiger partial charge in [0.15, 0.2) is 0 Å². The average Bonchev–Trinajstić information content (AvgIpc) is 2.18. The van der Waals surface area contributed by atoms with Crippen molar-refractivity contribution >= 4 is 12.4 Å². The predicted octanol–water partition coefficient (Wildman–Crippen LogP) is 1.22. The molecule has 0 bridgehead atoms. The van der Waals surface area contributed by atoms with E-state index in [2.05, 4.69) is 0 Å². The summed E-state index contributed by atoms with van der Waals surface area (Å²) in [7, 11) is 0. The van der Waals surface area contributed by atoms with Crippen LogP contribution in [0.4, 0.5) is 0 Å². The molecule has 0 aromatic carbocycles. The minimum absolute atomic E-state index is 0. The average molecular weight is 324 g/mol. The number of hydrogen-bond donors (Lipinski definition) is 0. The van der Waals surface area contributed by atoms with Crippen molar-refractivity contribution in [3.05, 3.63) is 34.4 Å². The zero-order chi connectivity index (χ0) is 10.2. The van der Waals surface area contributed by atoms with Crippen molar-refractivity contribution in [1.29, 1.82) is 0 Å². The minimum Gasteiger partial charge on any atom is -0.679 e. The summed E-state index contributed by atoms with van der Waals surface area (Å²) in [6.45, 7) is 1.42. The standard InChI is InChI=1S/3C2H6N2.ClH.Co.3H2O/c3*3-1-2-4;;;;;/h3*3-4H,1-2H2;1H;;3*1H2/q3*-2;;;;;. The molecule has 0 spiro atoms. The van der Waals surface area contributed by atoms with Crippen LogP contribution in [0.3, 0.4) is 0 Å². The van der Waals surface area contributed by atoms with Crippen molar-refractivity contribution in [2.45, 2.75) is 0 Å². The van der Waals surface area contributed by atoms with Gasteiger partial charge in [0.25, 0.3) is 0 Å². The molecule has 12 N–H and O–H groups in total. The van der Waals surface area contributed by atoms with Gasteiger partial charge in [-0.05, 0) is 0 Å². The third-order valence-electron chi connectivity index (χ3n) is 0.375. The molecule has 0 unspecified atom stereocenters. The van der Waals surface area contributed by atoms with Gasteiger partial charge in [-0.1, -0.05) is 0 Å². The Morgan fingerprint density at radius 1 is 0.412 bits per heavy atom. The monoisotopic (exact) mass is 323 g/mol. The quantitative estimate of drug-likeness (QED) is 0.711. The Labute approximate surface area is 120 Å². The topological polar surface area (TPSA) is 237 Å². The molecule has 0 atom stereocenters. The SMILES string of the molecule is Cl.O.O.O.[Co].[NH-]CC[NH-].[NH-]CC[NH-].[NH-]CC[NH-]. The van der Waals surface area contributed by atoms with Crippen molar-refractivity contribution < 1.29 is 33.2 Å². The van der Waals surface area contributed by atoms with Gasteiger partial charge in [0, 0.05) is 16.8 Å². The summed E-state index contributed by atoms with van der Waals surface area (Å²) in [6.07, 6.45) is 0. The molecule has 0 amide bonds. The Morgan fingerprint density at radius 2 is 0.471 bits per heavy atom. The van der Waals surface area contributed by atoms with Crippen LogP contribution in [0.2, 0.25) is 0 Å². The summed E-state index contributed by atoms with van der Waals surface area (Å²) in [5, 5.41) is 0. The molecule has 0 saturated carbocycles. The molecular formula is C6H25ClCoN6O3-6. The Morgan fingerprint density at radius 3 is 0.471 bits per heavy atom. The third-order valence-corrected chi connectivity index (χ3v) is 0.375. The summed E-state index contributed by atoms with van der Waals surface area (Å²) < 4.78 is 0. The Kier molecular flexibility index (Phi) is 294. The third kappa shape index (κ3) is 290. The molecule has 0 aromatic rings. The van der Waals surface area contributed by atoms with Crippen molar-refractivity contribution in [1.82, 2.24) is 0 Å². The zero-order valence-corrected chi connectivity index (χ0v) is 11.3. The molecule has 0 heterocycles. The summed E-state index contributed by atoms with van der Waals surface area (Å²) >= 11 is 0. The maximum atomic E-state index is 6.26. The Balaban J connectivity index is -0.0000000104. The van der Waals surface area contributed by atoms with E-state index in [9.17, 15) is 0 Å². The molecule has 0 saturated heterocycles. The van der Waals surface area contributed by atoms with Crippen LogP contribution < -0.4 is 0 Å². The van der Waals surface area contributed by atoms with Gasteiger partial charge in [0.1, 0.15) is 0 Å². The minimum atomic E-state index is 0. The summed E-state index contributed by atoms with van der Waals surface area (Å²) in [6, 6.07) is 0. The van der Waals surface area contributed by atoms with E-state index in [1.54, 1.807) is 0 Å². The zero-order valence-electron chi connectivity index (χ0n) is 9.48. The molecule has 0 aliphatic carbocycles. The van der Waals surface area contributed by atoms with Crippen LogP contribution in [-0.2, 0) is 16.8 Å². The molecule has 0 aromatic heterocycles. The van der Waals surface area contributed by atoms with Crippen LogP contribution in [0.5, 0.6) is 0 Å². The van der Waals surface area contributed by atoms with Gasteiger partial charge in [0.05, 0.1) is 0 Å². The molecule has 0 fully saturated rings. The van der Waals surface area contributed by atoms with Crippen molar-refractivity contribution in [3.8, 4) is 0 Å². The van der Waals surface area contributed by atoms with Crippen LogP contribution in [0.1, 0.15) is 0 Å². The van der Waals surface area contributed by atoms with E-state index in [0.29, 0.717) is 0 Å². The first kappa shape index (κ1) is 52.9. The molecule has 1 radical (unpaired) electrons. The van der Waals surface area contributed by atoms with Crippen LogP contribution in [0.15, 0.2) is 0 Å². The number of rotatable bonds is 3. The maximum Gasteiger partial charge on any atom is 0 e. The first-order chi connectivity index (χ1) is 5.74. The van der Waals surface area contributed by atoms with Crippen molar-refractivity contribution in [3.63, 3.8) is 0 Å². The number of nitrogens with one attached hydrogen (secondary N) is 6. The first-order valence-corrected chi connectivity index (χ1v) is 3.62. The van der Waals surface area contributed by atoms with Crippen LogP contribution in [0, 0.1) is 0 Å². The summed E-state index contributed by atoms with van der Waals surface area (Å²) in [5.74, 6) is 0. The van der Waals surface area contributed by atoms with E-state index in [4.69, 9.17) is 34.4 Å². The van der Waals surface area contributed by atoms with Gasteiger partial charge in [-0.15, -0.1) is 12.4 Å². The Bertz CT molecular complexity index is 49.2. The summed E-state index contributed by atoms with van der Waals surface area (Å²) in [5.41, 5.74) is 37.6. The fourth-order valence-corrected chi connectivity index (χ4v) is 0. The van der Waals surface area contributed by atoms with Crippen molar-refractivity contribution in [2.75, 3.05) is 39.3 Å². The molecule has 0 aliphatic heterocycles. The van der Waals surface area contributed by atoms with Gasteiger partial charge in [-0.2, -0.15) is 39.3 Å². The molecule has 9 nitrogen and oxygen atoms in total. The fraction of sp³-hybridized carbons (Fsp3) is 1.00. The molecule has 11 heteroatoms. The molecule has 0 aliphatic rings. The second-order valence-corrected chi connectivity index (χ2v) is 1.50. The van der Waals surface area contributed by atoms with Crippen LogP contribution in [0.25, 0.3) is 34.4 Å². The van der Waals surface area contributed by atoms with Crippen LogP contribution >= 0.6 is 12.4 Å². The van der Waals surface area contributed by atoms with E-state index in [0.717, 1.165) is 0 Å². The van der Waals surface area contributed by atoms with Gasteiger partial charge in [0.2, 0.25) is 0 Å². The molecular weight excluding hydrogens is 298 g/mol. The van der Waals surface area contributed by atoms with Gasteiger partial charge in [-0.25, -0.2) is 0 Å². The molecule has 0 rings (SSSR count). The maximum absolute atomic E-state index is 6.26. The second kappa shape index (κ2) is 94.5. The number of halogens is 1. The van der Waals surface area contributed by atoms with Crippen molar-refractivity contribution in [2.24, 2.45) is 0 Å². The largest absolute Gasteiger partial charge is 0.679 e. The second-order valence-electron chi connectivity index (χ2n) is 1.50. The van der Waals surface area contributed by atoms with Gasteiger partial charge in [-0.3, -0.25) is 0 Å².